The van der Waals surface area contributed by atoms with E-state index < -0.39 is 26.6 Å². The molecule has 1 amide bonds. The summed E-state index contributed by atoms with van der Waals surface area (Å²) < 4.78 is 24.2. The van der Waals surface area contributed by atoms with E-state index in [-0.39, 0.29) is 89.3 Å². The molecule has 166 valence electrons. The number of amides is 1. The average molecular weight is 496 g/mol. The van der Waals surface area contributed by atoms with Crippen LogP contribution >= 0.6 is 8.60 Å². The molecule has 1 aromatic heterocycles. The first-order valence-electron chi connectivity index (χ1n) is 8.96. The van der Waals surface area contributed by atoms with E-state index in [1.165, 1.54) is 34.4 Å². The van der Waals surface area contributed by atoms with Crippen LogP contribution in [0.2, 0.25) is 0 Å². The Balaban J connectivity index is 0.00000272. The molecule has 1 atom stereocenters. The number of aromatic nitrogens is 1. The zero-order chi connectivity index (χ0) is 22.5. The van der Waals surface area contributed by atoms with Gasteiger partial charge in [0.15, 0.2) is 0 Å². The normalized spacial score (nSPS) is 15.6. The van der Waals surface area contributed by atoms with Crippen LogP contribution in [0, 0.1) is 5.82 Å². The summed E-state index contributed by atoms with van der Waals surface area (Å²) in [6.45, 7) is -0.259. The Labute approximate surface area is 235 Å². The van der Waals surface area contributed by atoms with Crippen molar-refractivity contribution >= 4 is 26.2 Å². The molecule has 0 radical (unpaired) electrons. The number of hydrogen-bond donors (Lipinski definition) is 3. The minimum Gasteiger partial charge on any atom is -0.820 e. The summed E-state index contributed by atoms with van der Waals surface area (Å²) >= 11 is 0. The van der Waals surface area contributed by atoms with Gasteiger partial charge in [0.25, 0.3) is 0 Å². The van der Waals surface area contributed by atoms with Gasteiger partial charge < -0.3 is 35.1 Å². The number of benzene rings is 1. The molecule has 2 aromatic rings. The first-order chi connectivity index (χ1) is 14.7. The molecule has 0 saturated carbocycles. The summed E-state index contributed by atoms with van der Waals surface area (Å²) in [7, 11) is -1.43. The minimum atomic E-state index is -3.04. The summed E-state index contributed by atoms with van der Waals surface area (Å²) in [5, 5.41) is 4.13. The van der Waals surface area contributed by atoms with Crippen LogP contribution in [0.25, 0.3) is 11.1 Å². The van der Waals surface area contributed by atoms with Crippen LogP contribution in [0.4, 0.5) is 20.7 Å². The number of rotatable bonds is 8. The van der Waals surface area contributed by atoms with Crippen molar-refractivity contribution in [2.75, 3.05) is 30.4 Å². The van der Waals surface area contributed by atoms with Gasteiger partial charge in [-0.15, -0.1) is 0 Å². The van der Waals surface area contributed by atoms with Gasteiger partial charge >= 0.3 is 65.2 Å². The average Bonchev–Trinajstić information content (AvgIpc) is 3.07. The minimum absolute atomic E-state index is 0. The molecule has 0 unspecified atom stereocenters. The van der Waals surface area contributed by atoms with E-state index in [0.717, 1.165) is 0 Å². The Morgan fingerprint density at radius 2 is 2.15 bits per heavy atom. The Hall–Kier alpha value is -1.02. The second-order valence-corrected chi connectivity index (χ2v) is 7.31. The zero-order valence-corrected chi connectivity index (χ0v) is 23.3. The van der Waals surface area contributed by atoms with E-state index in [9.17, 15) is 19.0 Å². The summed E-state index contributed by atoms with van der Waals surface area (Å²) in [4.78, 5) is 38.4. The van der Waals surface area contributed by atoms with Gasteiger partial charge in [-0.2, -0.15) is 8.60 Å². The number of nitrogens with zero attached hydrogens (tertiary/aromatic N) is 3. The van der Waals surface area contributed by atoms with Crippen LogP contribution in [0.3, 0.4) is 0 Å². The van der Waals surface area contributed by atoms with Crippen LogP contribution < -0.4 is 90.7 Å². The first-order valence-corrected chi connectivity index (χ1v) is 10.1. The van der Waals surface area contributed by atoms with Crippen LogP contribution in [0.5, 0.6) is 0 Å². The molecule has 33 heavy (non-hydrogen) atoms. The van der Waals surface area contributed by atoms with Crippen molar-refractivity contribution in [1.82, 2.24) is 9.99 Å². The van der Waals surface area contributed by atoms with Crippen molar-refractivity contribution in [2.24, 2.45) is 11.6 Å². The van der Waals surface area contributed by atoms with Gasteiger partial charge in [-0.25, -0.2) is 20.0 Å². The Bertz CT molecular complexity index is 970. The third kappa shape index (κ3) is 8.61. The largest absolute Gasteiger partial charge is 1.00 e. The Morgan fingerprint density at radius 3 is 2.73 bits per heavy atom. The molecule has 15 heteroatoms. The molecule has 1 aliphatic rings. The number of halogens is 1. The molecule has 0 aliphatic carbocycles. The van der Waals surface area contributed by atoms with Crippen molar-refractivity contribution in [3.05, 3.63) is 54.4 Å². The van der Waals surface area contributed by atoms with Gasteiger partial charge in [0, 0.05) is 24.4 Å². The number of nitrogens with one attached hydrogen (secondary N) is 1. The second-order valence-electron chi connectivity index (χ2n) is 6.61. The zero-order valence-electron chi connectivity index (χ0n) is 18.4. The van der Waals surface area contributed by atoms with Crippen LogP contribution in [-0.2, 0) is 9.26 Å². The fourth-order valence-corrected chi connectivity index (χ4v) is 3.18. The maximum absolute atomic E-state index is 14.7. The van der Waals surface area contributed by atoms with Crippen LogP contribution in [-0.4, -0.2) is 42.4 Å². The monoisotopic (exact) mass is 496 g/mol. The molecular formula is C18H20FN6Na2O5P. The van der Waals surface area contributed by atoms with Crippen molar-refractivity contribution in [2.45, 2.75) is 6.10 Å². The number of hydrogen-bond acceptors (Lipinski definition) is 10. The number of nitrogens with two attached hydrogens (primary N) is 2. The van der Waals surface area contributed by atoms with Gasteiger partial charge in [0.2, 0.25) is 0 Å². The predicted octanol–water partition coefficient (Wildman–Crippen LogP) is -5.84. The number of pyridine rings is 1. The SMILES string of the molecule is CN(N)/C=C(\N)Nc1ccc(-c2ccc(N3C[C@H](COP([O-])[O-])OC3=O)cc2F)cn1.[Na+].[Na+]. The number of ether oxygens (including phenoxy) is 1. The van der Waals surface area contributed by atoms with Crippen molar-refractivity contribution < 1.29 is 87.3 Å². The topological polar surface area (TPSA) is 165 Å². The Morgan fingerprint density at radius 1 is 1.42 bits per heavy atom. The molecule has 0 spiro atoms. The van der Waals surface area contributed by atoms with Crippen molar-refractivity contribution in [3.8, 4) is 11.1 Å². The van der Waals surface area contributed by atoms with Crippen molar-refractivity contribution in [1.29, 1.82) is 0 Å². The fourth-order valence-electron chi connectivity index (χ4n) is 2.90. The molecule has 1 aliphatic heterocycles. The van der Waals surface area contributed by atoms with Gasteiger partial charge in [-0.3, -0.25) is 4.90 Å². The van der Waals surface area contributed by atoms with Crippen LogP contribution in [0.15, 0.2) is 48.5 Å². The van der Waals surface area contributed by atoms with E-state index in [0.29, 0.717) is 11.4 Å². The molecule has 1 fully saturated rings. The Kier molecular flexibility index (Phi) is 12.5. The standard InChI is InChI=1S/C18H20FN6O5P.2Na/c1-24(21)9-16(20)23-17-5-2-11(7-22-17)14-4-3-12(6-15(14)19)25-8-13(30-18(25)26)10-29-31(27)28;;/h2-7,9,13H,8,10,20-21H2,1H3,(H,22,23);;/q-2;2*+1/b16-9+;;/t13-;;/m1../s1. The molecular weight excluding hydrogens is 476 g/mol. The van der Waals surface area contributed by atoms with E-state index in [1.54, 1.807) is 25.2 Å². The maximum Gasteiger partial charge on any atom is 1.00 e. The molecule has 11 nitrogen and oxygen atoms in total. The third-order valence-electron chi connectivity index (χ3n) is 4.19. The first kappa shape index (κ1) is 30.0. The summed E-state index contributed by atoms with van der Waals surface area (Å²) in [5.74, 6) is 5.64. The molecule has 2 heterocycles. The second kappa shape index (κ2) is 13.8. The molecule has 5 N–H and O–H groups in total. The molecule has 1 saturated heterocycles. The number of cyclic esters (lactones) is 1. The third-order valence-corrected chi connectivity index (χ3v) is 4.55. The summed E-state index contributed by atoms with van der Waals surface area (Å²) in [6, 6.07) is 7.55. The van der Waals surface area contributed by atoms with E-state index in [2.05, 4.69) is 14.8 Å². The number of hydrazine groups is 1. The van der Waals surface area contributed by atoms with Crippen molar-refractivity contribution in [3.63, 3.8) is 0 Å². The molecule has 0 bridgehead atoms. The van der Waals surface area contributed by atoms with E-state index in [1.807, 2.05) is 0 Å². The van der Waals surface area contributed by atoms with Gasteiger partial charge in [0.1, 0.15) is 23.6 Å². The van der Waals surface area contributed by atoms with Gasteiger partial charge in [0.05, 0.1) is 25.0 Å². The number of carbonyl (C=O) groups excluding carboxylic acids is 1. The maximum atomic E-state index is 14.7. The molecule has 1 aromatic carbocycles. The van der Waals surface area contributed by atoms with Crippen LogP contribution in [0.1, 0.15) is 0 Å². The van der Waals surface area contributed by atoms with Gasteiger partial charge in [-0.1, -0.05) is 0 Å². The summed E-state index contributed by atoms with van der Waals surface area (Å²) in [5.41, 5.74) is 6.83. The molecule has 3 rings (SSSR count). The smallest absolute Gasteiger partial charge is 0.820 e. The fraction of sp³-hybridized carbons (Fsp3) is 0.222. The quantitative estimate of drug-likeness (QED) is 0.139. The van der Waals surface area contributed by atoms with Gasteiger partial charge in [-0.05, 0) is 30.3 Å². The predicted molar refractivity (Wildman–Crippen MR) is 108 cm³/mol. The van der Waals surface area contributed by atoms with E-state index >= 15 is 0 Å². The number of anilines is 2. The number of carbonyl (C=O) groups is 1. The summed E-state index contributed by atoms with van der Waals surface area (Å²) in [6.07, 6.45) is 1.46. The van der Waals surface area contributed by atoms with E-state index in [4.69, 9.17) is 16.3 Å².